The number of guanidine groups is 1. The average Bonchev–Trinajstić information content (AvgIpc) is 3.64. The van der Waals surface area contributed by atoms with E-state index in [9.17, 15) is 20.0 Å². The highest BCUT2D eigenvalue weighted by Gasteiger charge is 2.54. The number of fused-ring (bicyclic) bond motifs is 1. The molecule has 2 aromatic carbocycles. The fourth-order valence-electron chi connectivity index (χ4n) is 5.69. The Morgan fingerprint density at radius 2 is 1.97 bits per heavy atom. The van der Waals surface area contributed by atoms with Crippen LogP contribution in [-0.2, 0) is 9.59 Å². The van der Waals surface area contributed by atoms with Crippen LogP contribution >= 0.6 is 0 Å². The SMILES string of the molecule is CC1(C)CC(=O)N([C@H](c2cccc(C#N)c2)[C@H]2C[C@@H]2C(=O)N[C@@H]2c3ccccc3OC(C)(C)[C@H]2O)C(N)=N1. The number of para-hydroxylation sites is 1. The van der Waals surface area contributed by atoms with Gasteiger partial charge in [-0.2, -0.15) is 5.26 Å². The van der Waals surface area contributed by atoms with Crippen LogP contribution in [0, 0.1) is 23.2 Å². The van der Waals surface area contributed by atoms with Gasteiger partial charge in [0.25, 0.3) is 0 Å². The van der Waals surface area contributed by atoms with Crippen molar-refractivity contribution in [2.75, 3.05) is 0 Å². The fraction of sp³-hybridized carbons (Fsp3) is 0.448. The lowest BCUT2D eigenvalue weighted by Crippen LogP contribution is -2.54. The lowest BCUT2D eigenvalue weighted by atomic mass is 9.86. The van der Waals surface area contributed by atoms with Crippen LogP contribution in [-0.4, -0.2) is 45.0 Å². The molecule has 0 aromatic heterocycles. The zero-order chi connectivity index (χ0) is 27.4. The highest BCUT2D eigenvalue weighted by atomic mass is 16.5. The molecule has 1 fully saturated rings. The van der Waals surface area contributed by atoms with Gasteiger partial charge in [-0.1, -0.05) is 30.3 Å². The van der Waals surface area contributed by atoms with Gasteiger partial charge in [-0.05, 0) is 63.8 Å². The van der Waals surface area contributed by atoms with Crippen molar-refractivity contribution in [3.8, 4) is 11.8 Å². The third kappa shape index (κ3) is 4.61. The molecule has 2 aliphatic heterocycles. The number of ether oxygens (including phenoxy) is 1. The van der Waals surface area contributed by atoms with Gasteiger partial charge in [0.2, 0.25) is 11.8 Å². The standard InChI is InChI=1S/C29H33N5O4/c1-28(2)14-22(35)34(27(31)33-28)24(17-9-7-8-16(12-17)15-30)19-13-20(19)26(37)32-23-18-10-5-6-11-21(18)38-29(3,4)25(23)36/h5-12,19-20,23-25,36H,13-14H2,1-4H3,(H2,31,33)(H,32,37)/t19-,20-,23+,24+,25-/m0/s1. The lowest BCUT2D eigenvalue weighted by Gasteiger charge is -2.42. The van der Waals surface area contributed by atoms with Crippen molar-refractivity contribution in [3.63, 3.8) is 0 Å². The fourth-order valence-corrected chi connectivity index (χ4v) is 5.69. The molecule has 4 N–H and O–H groups in total. The number of nitriles is 1. The maximum absolute atomic E-state index is 13.6. The third-order valence-electron chi connectivity index (χ3n) is 7.69. The van der Waals surface area contributed by atoms with Crippen molar-refractivity contribution < 1.29 is 19.4 Å². The molecule has 0 unspecified atom stereocenters. The highest BCUT2D eigenvalue weighted by Crippen LogP contribution is 2.52. The summed E-state index contributed by atoms with van der Waals surface area (Å²) in [7, 11) is 0. The summed E-state index contributed by atoms with van der Waals surface area (Å²) in [6.07, 6.45) is -0.250. The van der Waals surface area contributed by atoms with Crippen LogP contribution in [0.3, 0.4) is 0 Å². The number of benzene rings is 2. The van der Waals surface area contributed by atoms with Crippen molar-refractivity contribution in [2.45, 2.75) is 69.9 Å². The van der Waals surface area contributed by atoms with Crippen molar-refractivity contribution in [3.05, 3.63) is 65.2 Å². The van der Waals surface area contributed by atoms with E-state index in [1.165, 1.54) is 4.90 Å². The summed E-state index contributed by atoms with van der Waals surface area (Å²) < 4.78 is 5.98. The van der Waals surface area contributed by atoms with Gasteiger partial charge in [-0.25, -0.2) is 4.99 Å². The molecule has 0 spiro atoms. The Labute approximate surface area is 222 Å². The van der Waals surface area contributed by atoms with Gasteiger partial charge in [-0.3, -0.25) is 14.5 Å². The largest absolute Gasteiger partial charge is 0.485 e. The number of rotatable bonds is 5. The van der Waals surface area contributed by atoms with E-state index in [2.05, 4.69) is 16.4 Å². The van der Waals surface area contributed by atoms with Crippen LogP contribution in [0.25, 0.3) is 0 Å². The molecule has 9 nitrogen and oxygen atoms in total. The van der Waals surface area contributed by atoms with Crippen molar-refractivity contribution in [1.82, 2.24) is 10.2 Å². The number of nitrogens with zero attached hydrogens (tertiary/aromatic N) is 3. The Bertz CT molecular complexity index is 1360. The lowest BCUT2D eigenvalue weighted by molar-refractivity contribution is -0.132. The number of carbonyl (C=O) groups is 2. The number of aliphatic hydroxyl groups is 1. The van der Waals surface area contributed by atoms with Gasteiger partial charge in [0.05, 0.1) is 35.7 Å². The summed E-state index contributed by atoms with van der Waals surface area (Å²) in [5, 5.41) is 23.6. The number of aliphatic hydroxyl groups excluding tert-OH is 1. The summed E-state index contributed by atoms with van der Waals surface area (Å²) in [6, 6.07) is 15.4. The zero-order valence-electron chi connectivity index (χ0n) is 22.0. The highest BCUT2D eigenvalue weighted by molar-refractivity contribution is 5.99. The third-order valence-corrected chi connectivity index (χ3v) is 7.69. The molecule has 0 bridgehead atoms. The molecule has 2 aromatic rings. The predicted molar refractivity (Wildman–Crippen MR) is 141 cm³/mol. The van der Waals surface area contributed by atoms with Gasteiger partial charge in [0.1, 0.15) is 17.5 Å². The van der Waals surface area contributed by atoms with Gasteiger partial charge < -0.3 is 20.9 Å². The molecule has 2 heterocycles. The number of nitrogens with two attached hydrogens (primary N) is 1. The van der Waals surface area contributed by atoms with Crippen molar-refractivity contribution in [2.24, 2.45) is 22.6 Å². The van der Waals surface area contributed by atoms with Crippen LogP contribution in [0.5, 0.6) is 5.75 Å². The Balaban J connectivity index is 1.44. The van der Waals surface area contributed by atoms with Crippen molar-refractivity contribution >= 4 is 17.8 Å². The Kier molecular flexibility index (Phi) is 6.19. The molecule has 5 rings (SSSR count). The second kappa shape index (κ2) is 9.14. The summed E-state index contributed by atoms with van der Waals surface area (Å²) in [6.45, 7) is 7.28. The molecular weight excluding hydrogens is 482 g/mol. The first-order valence-electron chi connectivity index (χ1n) is 12.9. The maximum Gasteiger partial charge on any atom is 0.232 e. The summed E-state index contributed by atoms with van der Waals surface area (Å²) >= 11 is 0. The van der Waals surface area contributed by atoms with Crippen molar-refractivity contribution in [1.29, 1.82) is 5.26 Å². The quantitative estimate of drug-likeness (QED) is 0.559. The second-order valence-electron chi connectivity index (χ2n) is 11.6. The van der Waals surface area contributed by atoms with Crippen LogP contribution in [0.4, 0.5) is 0 Å². The van der Waals surface area contributed by atoms with Gasteiger partial charge in [-0.15, -0.1) is 0 Å². The molecule has 198 valence electrons. The summed E-state index contributed by atoms with van der Waals surface area (Å²) in [5.41, 5.74) is 6.73. The number of nitrogens with one attached hydrogen (secondary N) is 1. The molecule has 38 heavy (non-hydrogen) atoms. The first kappa shape index (κ1) is 25.7. The molecule has 1 saturated carbocycles. The van der Waals surface area contributed by atoms with Crippen LogP contribution in [0.15, 0.2) is 53.5 Å². The van der Waals surface area contributed by atoms with E-state index >= 15 is 0 Å². The second-order valence-corrected chi connectivity index (χ2v) is 11.6. The summed E-state index contributed by atoms with van der Waals surface area (Å²) in [4.78, 5) is 32.9. The maximum atomic E-state index is 13.6. The van der Waals surface area contributed by atoms with Crippen LogP contribution < -0.4 is 15.8 Å². The zero-order valence-corrected chi connectivity index (χ0v) is 22.0. The number of hydrogen-bond acceptors (Lipinski definition) is 7. The molecular formula is C29H33N5O4. The molecule has 0 radical (unpaired) electrons. The van der Waals surface area contributed by atoms with E-state index in [0.717, 1.165) is 5.56 Å². The molecule has 3 aliphatic rings. The molecule has 9 heteroatoms. The number of hydrogen-bond donors (Lipinski definition) is 3. The molecule has 2 amide bonds. The Hall–Kier alpha value is -3.90. The first-order valence-corrected chi connectivity index (χ1v) is 12.9. The minimum absolute atomic E-state index is 0.111. The monoisotopic (exact) mass is 515 g/mol. The summed E-state index contributed by atoms with van der Waals surface area (Å²) in [5.74, 6) is -0.295. The minimum Gasteiger partial charge on any atom is -0.485 e. The van der Waals surface area contributed by atoms with E-state index in [1.807, 2.05) is 44.2 Å². The van der Waals surface area contributed by atoms with E-state index in [-0.39, 0.29) is 30.1 Å². The van der Waals surface area contributed by atoms with Gasteiger partial charge >= 0.3 is 0 Å². The molecule has 5 atom stereocenters. The van der Waals surface area contributed by atoms with Crippen LogP contribution in [0.2, 0.25) is 0 Å². The Morgan fingerprint density at radius 1 is 1.24 bits per heavy atom. The Morgan fingerprint density at radius 3 is 2.68 bits per heavy atom. The predicted octanol–water partition coefficient (Wildman–Crippen LogP) is 2.95. The molecule has 1 aliphatic carbocycles. The van der Waals surface area contributed by atoms with Gasteiger partial charge in [0.15, 0.2) is 5.96 Å². The van der Waals surface area contributed by atoms with Gasteiger partial charge in [0, 0.05) is 11.5 Å². The van der Waals surface area contributed by atoms with Crippen LogP contribution in [0.1, 0.15) is 69.3 Å². The topological polar surface area (TPSA) is 141 Å². The number of aliphatic imine (C=N–C) groups is 1. The van der Waals surface area contributed by atoms with E-state index in [0.29, 0.717) is 23.3 Å². The first-order chi connectivity index (χ1) is 17.9. The minimum atomic E-state index is -0.963. The number of amides is 2. The normalized spacial score (nSPS) is 27.7. The van der Waals surface area contributed by atoms with E-state index in [1.54, 1.807) is 32.0 Å². The van der Waals surface area contributed by atoms with E-state index < -0.39 is 35.2 Å². The smallest absolute Gasteiger partial charge is 0.232 e. The average molecular weight is 516 g/mol. The van der Waals surface area contributed by atoms with E-state index in [4.69, 9.17) is 10.5 Å². The molecule has 0 saturated heterocycles. The number of carbonyl (C=O) groups excluding carboxylic acids is 2.